The SMILES string of the molecule is O=C(O)CCCCCCC(=O)CCCC[C@@H]1SCC2NC(=O)O[C@@H]21. The summed E-state index contributed by atoms with van der Waals surface area (Å²) in [4.78, 5) is 33.4. The maximum absolute atomic E-state index is 11.8. The van der Waals surface area contributed by atoms with Crippen LogP contribution < -0.4 is 5.32 Å². The Hall–Kier alpha value is -1.24. The van der Waals surface area contributed by atoms with Gasteiger partial charge in [0.15, 0.2) is 0 Å². The largest absolute Gasteiger partial charge is 0.481 e. The van der Waals surface area contributed by atoms with Crippen molar-refractivity contribution in [3.8, 4) is 0 Å². The highest BCUT2D eigenvalue weighted by Crippen LogP contribution is 2.35. The number of hydrogen-bond acceptors (Lipinski definition) is 5. The molecule has 2 aliphatic rings. The Bertz CT molecular complexity index is 456. The van der Waals surface area contributed by atoms with Crippen molar-refractivity contribution < 1.29 is 24.2 Å². The Balaban J connectivity index is 1.45. The molecule has 3 atom stereocenters. The van der Waals surface area contributed by atoms with Crippen LogP contribution in [-0.4, -0.2) is 46.1 Å². The van der Waals surface area contributed by atoms with Crippen molar-refractivity contribution in [3.05, 3.63) is 0 Å². The number of carbonyl (C=O) groups excluding carboxylic acids is 2. The molecule has 0 radical (unpaired) electrons. The fourth-order valence-electron chi connectivity index (χ4n) is 3.26. The van der Waals surface area contributed by atoms with Gasteiger partial charge in [-0.05, 0) is 25.7 Å². The van der Waals surface area contributed by atoms with E-state index in [0.717, 1.165) is 44.3 Å². The molecule has 0 spiro atoms. The van der Waals surface area contributed by atoms with Crippen molar-refractivity contribution in [2.24, 2.45) is 0 Å². The first kappa shape index (κ1) is 19.1. The summed E-state index contributed by atoms with van der Waals surface area (Å²) in [6.07, 6.45) is 7.41. The lowest BCUT2D eigenvalue weighted by atomic mass is 10.0. The van der Waals surface area contributed by atoms with Crippen molar-refractivity contribution >= 4 is 29.6 Å². The molecule has 0 aromatic rings. The van der Waals surface area contributed by atoms with Crippen molar-refractivity contribution in [1.29, 1.82) is 0 Å². The number of nitrogens with one attached hydrogen (secondary N) is 1. The van der Waals surface area contributed by atoms with E-state index in [9.17, 15) is 14.4 Å². The number of fused-ring (bicyclic) bond motifs is 1. The van der Waals surface area contributed by atoms with E-state index in [4.69, 9.17) is 9.84 Å². The van der Waals surface area contributed by atoms with Gasteiger partial charge in [-0.15, -0.1) is 0 Å². The van der Waals surface area contributed by atoms with Gasteiger partial charge in [0, 0.05) is 30.3 Å². The minimum Gasteiger partial charge on any atom is -0.481 e. The quantitative estimate of drug-likeness (QED) is 0.521. The molecule has 2 rings (SSSR count). The van der Waals surface area contributed by atoms with Crippen molar-refractivity contribution in [2.45, 2.75) is 81.6 Å². The van der Waals surface area contributed by atoms with Crippen LogP contribution in [0.25, 0.3) is 0 Å². The summed E-state index contributed by atoms with van der Waals surface area (Å²) in [5.74, 6) is 0.474. The average Bonchev–Trinajstić information content (AvgIpc) is 3.06. The number of aliphatic carboxylic acids is 1. The monoisotopic (exact) mass is 357 g/mol. The summed E-state index contributed by atoms with van der Waals surface area (Å²) in [6, 6.07) is 0.162. The summed E-state index contributed by atoms with van der Waals surface area (Å²) in [5.41, 5.74) is 0. The summed E-state index contributed by atoms with van der Waals surface area (Å²) in [5, 5.41) is 11.7. The Morgan fingerprint density at radius 2 is 1.75 bits per heavy atom. The van der Waals surface area contributed by atoms with E-state index in [2.05, 4.69) is 5.32 Å². The van der Waals surface area contributed by atoms with E-state index in [0.29, 0.717) is 30.3 Å². The number of amides is 1. The van der Waals surface area contributed by atoms with Crippen LogP contribution in [0.3, 0.4) is 0 Å². The van der Waals surface area contributed by atoms with Gasteiger partial charge in [-0.1, -0.05) is 19.3 Å². The predicted octanol–water partition coefficient (Wildman–Crippen LogP) is 3.13. The number of unbranched alkanes of at least 4 members (excludes halogenated alkanes) is 4. The van der Waals surface area contributed by atoms with Gasteiger partial charge in [0.1, 0.15) is 11.9 Å². The lowest BCUT2D eigenvalue weighted by Gasteiger charge is -2.15. The molecule has 2 N–H and O–H groups in total. The first-order valence-corrected chi connectivity index (χ1v) is 9.93. The number of rotatable bonds is 12. The van der Waals surface area contributed by atoms with Gasteiger partial charge >= 0.3 is 12.1 Å². The number of alkyl carbamates (subject to hydrolysis) is 1. The summed E-state index contributed by atoms with van der Waals surface area (Å²) in [7, 11) is 0. The lowest BCUT2D eigenvalue weighted by molar-refractivity contribution is -0.137. The minimum atomic E-state index is -0.749. The Labute approximate surface area is 147 Å². The fraction of sp³-hybridized carbons (Fsp3) is 0.824. The molecule has 2 saturated heterocycles. The smallest absolute Gasteiger partial charge is 0.407 e. The second-order valence-electron chi connectivity index (χ2n) is 6.58. The zero-order chi connectivity index (χ0) is 17.4. The Kier molecular flexibility index (Phi) is 7.88. The highest BCUT2D eigenvalue weighted by Gasteiger charge is 2.44. The van der Waals surface area contributed by atoms with Gasteiger partial charge in [0.2, 0.25) is 0 Å². The topological polar surface area (TPSA) is 92.7 Å². The predicted molar refractivity (Wildman–Crippen MR) is 92.3 cm³/mol. The number of ketones is 1. The van der Waals surface area contributed by atoms with Crippen LogP contribution in [0.4, 0.5) is 4.79 Å². The average molecular weight is 357 g/mol. The summed E-state index contributed by atoms with van der Waals surface area (Å²) < 4.78 is 5.30. The van der Waals surface area contributed by atoms with Crippen LogP contribution in [-0.2, 0) is 14.3 Å². The highest BCUT2D eigenvalue weighted by atomic mass is 32.2. The molecular weight excluding hydrogens is 330 g/mol. The van der Waals surface area contributed by atoms with Gasteiger partial charge in [-0.25, -0.2) is 4.79 Å². The second kappa shape index (κ2) is 9.91. The van der Waals surface area contributed by atoms with Gasteiger partial charge in [-0.3, -0.25) is 9.59 Å². The third-order valence-electron chi connectivity index (χ3n) is 4.59. The summed E-state index contributed by atoms with van der Waals surface area (Å²) in [6.45, 7) is 0. The van der Waals surface area contributed by atoms with E-state index < -0.39 is 5.97 Å². The third kappa shape index (κ3) is 6.34. The summed E-state index contributed by atoms with van der Waals surface area (Å²) >= 11 is 1.85. The number of carboxylic acid groups (broad SMARTS) is 1. The first-order valence-electron chi connectivity index (χ1n) is 8.88. The van der Waals surface area contributed by atoms with E-state index in [1.165, 1.54) is 0 Å². The molecule has 6 nitrogen and oxygen atoms in total. The molecule has 0 aromatic carbocycles. The molecule has 2 heterocycles. The number of ether oxygens (including phenoxy) is 1. The van der Waals surface area contributed by atoms with Gasteiger partial charge in [0.05, 0.1) is 6.04 Å². The molecule has 2 fully saturated rings. The molecule has 136 valence electrons. The lowest BCUT2D eigenvalue weighted by Crippen LogP contribution is -2.32. The van der Waals surface area contributed by atoms with E-state index in [1.54, 1.807) is 0 Å². The molecular formula is C17H27NO5S. The zero-order valence-corrected chi connectivity index (χ0v) is 14.8. The minimum absolute atomic E-state index is 0.00371. The second-order valence-corrected chi connectivity index (χ2v) is 7.86. The van der Waals surface area contributed by atoms with Crippen LogP contribution in [0, 0.1) is 0 Å². The number of carbonyl (C=O) groups is 3. The molecule has 0 bridgehead atoms. The molecule has 24 heavy (non-hydrogen) atoms. The van der Waals surface area contributed by atoms with E-state index in [1.807, 2.05) is 11.8 Å². The molecule has 1 amide bonds. The molecule has 1 unspecified atom stereocenters. The maximum Gasteiger partial charge on any atom is 0.407 e. The van der Waals surface area contributed by atoms with Crippen LogP contribution in [0.1, 0.15) is 64.2 Å². The fourth-order valence-corrected chi connectivity index (χ4v) is 4.75. The standard InChI is InChI=1S/C17H27NO5S/c19-12(7-3-1-2-4-10-15(20)21)8-5-6-9-14-16-13(11-24-14)18-17(22)23-16/h13-14,16H,1-11H2,(H,18,22)(H,20,21)/t13?,14-,16-/m0/s1. The van der Waals surface area contributed by atoms with Crippen LogP contribution in [0.2, 0.25) is 0 Å². The van der Waals surface area contributed by atoms with Crippen LogP contribution in [0.15, 0.2) is 0 Å². The molecule has 7 heteroatoms. The van der Waals surface area contributed by atoms with Gasteiger partial charge in [0.25, 0.3) is 0 Å². The first-order chi connectivity index (χ1) is 11.6. The van der Waals surface area contributed by atoms with Crippen molar-refractivity contribution in [1.82, 2.24) is 5.32 Å². The number of carboxylic acids is 1. The maximum atomic E-state index is 11.8. The molecule has 0 saturated carbocycles. The Morgan fingerprint density at radius 1 is 1.08 bits per heavy atom. The van der Waals surface area contributed by atoms with Gasteiger partial charge < -0.3 is 15.2 Å². The molecule has 0 aromatic heterocycles. The van der Waals surface area contributed by atoms with Crippen molar-refractivity contribution in [2.75, 3.05) is 5.75 Å². The van der Waals surface area contributed by atoms with Crippen LogP contribution in [0.5, 0.6) is 0 Å². The highest BCUT2D eigenvalue weighted by molar-refractivity contribution is 8.00. The third-order valence-corrected chi connectivity index (χ3v) is 6.07. The van der Waals surface area contributed by atoms with Crippen molar-refractivity contribution in [3.63, 3.8) is 0 Å². The molecule has 2 aliphatic heterocycles. The zero-order valence-electron chi connectivity index (χ0n) is 14.0. The van der Waals surface area contributed by atoms with E-state index >= 15 is 0 Å². The number of thioether (sulfide) groups is 1. The van der Waals surface area contributed by atoms with Gasteiger partial charge in [-0.2, -0.15) is 11.8 Å². The van der Waals surface area contributed by atoms with E-state index in [-0.39, 0.29) is 24.7 Å². The number of Topliss-reactive ketones (excluding diaryl/α,β-unsaturated/α-hetero) is 1. The normalized spacial score (nSPS) is 25.2. The Morgan fingerprint density at radius 3 is 2.46 bits per heavy atom. The van der Waals surface area contributed by atoms with Crippen LogP contribution >= 0.6 is 11.8 Å². The number of hydrogen-bond donors (Lipinski definition) is 2. The molecule has 0 aliphatic carbocycles.